The van der Waals surface area contributed by atoms with Crippen molar-refractivity contribution in [2.45, 2.75) is 57.0 Å². The molecule has 0 radical (unpaired) electrons. The van der Waals surface area contributed by atoms with E-state index < -0.39 is 11.9 Å². The zero-order chi connectivity index (χ0) is 13.7. The van der Waals surface area contributed by atoms with Crippen molar-refractivity contribution >= 4 is 12.0 Å². The number of hydrogen-bond donors (Lipinski definition) is 3. The van der Waals surface area contributed by atoms with Crippen LogP contribution in [0.4, 0.5) is 4.79 Å². The number of aliphatic carboxylic acids is 1. The monoisotopic (exact) mass is 266 g/mol. The molecule has 0 aromatic heterocycles. The Bertz CT molecular complexity index is 368. The molecule has 0 heterocycles. The summed E-state index contributed by atoms with van der Waals surface area (Å²) in [6, 6.07) is -0.277. The number of allylic oxidation sites excluding steroid dienone is 1. The Morgan fingerprint density at radius 2 is 1.84 bits per heavy atom. The minimum absolute atomic E-state index is 0.178. The van der Waals surface area contributed by atoms with Crippen LogP contribution < -0.4 is 10.6 Å². The molecule has 2 rings (SSSR count). The van der Waals surface area contributed by atoms with E-state index in [-0.39, 0.29) is 18.1 Å². The highest BCUT2D eigenvalue weighted by atomic mass is 16.4. The van der Waals surface area contributed by atoms with Crippen molar-refractivity contribution in [3.8, 4) is 0 Å². The van der Waals surface area contributed by atoms with E-state index in [0.29, 0.717) is 6.42 Å². The largest absolute Gasteiger partial charge is 0.481 e. The number of urea groups is 1. The van der Waals surface area contributed by atoms with Crippen LogP contribution in [0.1, 0.15) is 44.9 Å². The first-order valence-electron chi connectivity index (χ1n) is 7.11. The van der Waals surface area contributed by atoms with Crippen molar-refractivity contribution in [2.75, 3.05) is 0 Å². The van der Waals surface area contributed by atoms with Crippen molar-refractivity contribution in [2.24, 2.45) is 5.92 Å². The standard InChI is InChI=1S/C14H22N2O3/c17-13(18)11-8-4-5-9-12(11)16-14(19)15-10-6-2-1-3-7-10/h1-2,10-12H,3-9H2,(H,17,18)(H2,15,16,19). The van der Waals surface area contributed by atoms with Gasteiger partial charge in [0.2, 0.25) is 0 Å². The highest BCUT2D eigenvalue weighted by molar-refractivity contribution is 5.77. The molecule has 0 bridgehead atoms. The fraction of sp³-hybridized carbons (Fsp3) is 0.714. The van der Waals surface area contributed by atoms with Gasteiger partial charge in [-0.15, -0.1) is 0 Å². The summed E-state index contributed by atoms with van der Waals surface area (Å²) in [7, 11) is 0. The number of carbonyl (C=O) groups excluding carboxylic acids is 1. The van der Waals surface area contributed by atoms with Gasteiger partial charge in [-0.2, -0.15) is 0 Å². The van der Waals surface area contributed by atoms with Gasteiger partial charge in [0.1, 0.15) is 0 Å². The smallest absolute Gasteiger partial charge is 0.315 e. The second-order valence-electron chi connectivity index (χ2n) is 5.43. The lowest BCUT2D eigenvalue weighted by Gasteiger charge is -2.30. The van der Waals surface area contributed by atoms with Crippen LogP contribution in [-0.4, -0.2) is 29.2 Å². The summed E-state index contributed by atoms with van der Waals surface area (Å²) in [4.78, 5) is 23.1. The van der Waals surface area contributed by atoms with E-state index in [9.17, 15) is 9.59 Å². The first-order chi connectivity index (χ1) is 9.16. The molecule has 5 nitrogen and oxygen atoms in total. The number of carbonyl (C=O) groups is 2. The second-order valence-corrected chi connectivity index (χ2v) is 5.43. The third-order valence-electron chi connectivity index (χ3n) is 4.00. The highest BCUT2D eigenvalue weighted by Crippen LogP contribution is 2.24. The molecule has 3 unspecified atom stereocenters. The minimum Gasteiger partial charge on any atom is -0.481 e. The average molecular weight is 266 g/mol. The van der Waals surface area contributed by atoms with Gasteiger partial charge in [0.25, 0.3) is 0 Å². The van der Waals surface area contributed by atoms with Crippen LogP contribution in [0.2, 0.25) is 0 Å². The van der Waals surface area contributed by atoms with Crippen LogP contribution in [0, 0.1) is 5.92 Å². The van der Waals surface area contributed by atoms with Crippen LogP contribution in [0.15, 0.2) is 12.2 Å². The average Bonchev–Trinajstić information content (AvgIpc) is 2.40. The lowest BCUT2D eigenvalue weighted by molar-refractivity contribution is -0.143. The van der Waals surface area contributed by atoms with Gasteiger partial charge in [0.15, 0.2) is 0 Å². The topological polar surface area (TPSA) is 78.4 Å². The normalized spacial score (nSPS) is 30.6. The van der Waals surface area contributed by atoms with Crippen molar-refractivity contribution in [3.05, 3.63) is 12.2 Å². The zero-order valence-electron chi connectivity index (χ0n) is 11.1. The molecule has 106 valence electrons. The predicted octanol–water partition coefficient (Wildman–Crippen LogP) is 2.04. The Morgan fingerprint density at radius 1 is 1.05 bits per heavy atom. The van der Waals surface area contributed by atoms with Gasteiger partial charge in [0, 0.05) is 12.1 Å². The zero-order valence-corrected chi connectivity index (χ0v) is 11.1. The van der Waals surface area contributed by atoms with Crippen LogP contribution in [0.3, 0.4) is 0 Å². The Morgan fingerprint density at radius 3 is 2.53 bits per heavy atom. The summed E-state index contributed by atoms with van der Waals surface area (Å²) >= 11 is 0. The first kappa shape index (κ1) is 13.9. The van der Waals surface area contributed by atoms with E-state index in [2.05, 4.69) is 22.8 Å². The maximum atomic E-state index is 11.9. The summed E-state index contributed by atoms with van der Waals surface area (Å²) in [5.41, 5.74) is 0. The fourth-order valence-corrected chi connectivity index (χ4v) is 2.92. The SMILES string of the molecule is O=C(NC1CC=CCC1)NC1CCCCC1C(=O)O. The Labute approximate surface area is 113 Å². The molecule has 19 heavy (non-hydrogen) atoms. The lowest BCUT2D eigenvalue weighted by atomic mass is 9.84. The van der Waals surface area contributed by atoms with Gasteiger partial charge in [-0.3, -0.25) is 4.79 Å². The molecule has 0 saturated heterocycles. The molecule has 2 aliphatic rings. The summed E-state index contributed by atoms with van der Waals surface area (Å²) in [5, 5.41) is 14.9. The number of amides is 2. The third kappa shape index (κ3) is 3.98. The Hall–Kier alpha value is -1.52. The minimum atomic E-state index is -0.800. The van der Waals surface area contributed by atoms with E-state index in [0.717, 1.165) is 38.5 Å². The summed E-state index contributed by atoms with van der Waals surface area (Å²) in [5.74, 6) is -1.24. The summed E-state index contributed by atoms with van der Waals surface area (Å²) in [6.45, 7) is 0. The Kier molecular flexibility index (Phi) is 4.82. The molecular formula is C14H22N2O3. The molecule has 0 aliphatic heterocycles. The van der Waals surface area contributed by atoms with Crippen LogP contribution in [-0.2, 0) is 4.79 Å². The number of nitrogens with one attached hydrogen (secondary N) is 2. The molecule has 2 amide bonds. The van der Waals surface area contributed by atoms with Crippen molar-refractivity contribution in [1.82, 2.24) is 10.6 Å². The number of carboxylic acid groups (broad SMARTS) is 1. The molecule has 5 heteroatoms. The molecule has 3 atom stereocenters. The molecular weight excluding hydrogens is 244 g/mol. The maximum absolute atomic E-state index is 11.9. The van der Waals surface area contributed by atoms with Crippen molar-refractivity contribution < 1.29 is 14.7 Å². The molecule has 0 aromatic carbocycles. The number of rotatable bonds is 3. The summed E-state index contributed by atoms with van der Waals surface area (Å²) < 4.78 is 0. The number of carboxylic acids is 1. The molecule has 1 fully saturated rings. The van der Waals surface area contributed by atoms with Gasteiger partial charge in [-0.25, -0.2) is 4.79 Å². The molecule has 3 N–H and O–H groups in total. The second kappa shape index (κ2) is 6.59. The maximum Gasteiger partial charge on any atom is 0.315 e. The van der Waals surface area contributed by atoms with Crippen molar-refractivity contribution in [1.29, 1.82) is 0 Å². The lowest BCUT2D eigenvalue weighted by Crippen LogP contribution is -2.51. The van der Waals surface area contributed by atoms with Gasteiger partial charge >= 0.3 is 12.0 Å². The van der Waals surface area contributed by atoms with Gasteiger partial charge in [-0.1, -0.05) is 25.0 Å². The van der Waals surface area contributed by atoms with E-state index in [1.807, 2.05) is 0 Å². The molecule has 0 aromatic rings. The highest BCUT2D eigenvalue weighted by Gasteiger charge is 2.32. The molecule has 0 spiro atoms. The van der Waals surface area contributed by atoms with E-state index in [4.69, 9.17) is 5.11 Å². The third-order valence-corrected chi connectivity index (χ3v) is 4.00. The Balaban J connectivity index is 1.82. The van der Waals surface area contributed by atoms with E-state index in [1.54, 1.807) is 0 Å². The molecule has 2 aliphatic carbocycles. The van der Waals surface area contributed by atoms with Crippen LogP contribution >= 0.6 is 0 Å². The van der Waals surface area contributed by atoms with Gasteiger partial charge in [-0.05, 0) is 32.1 Å². The van der Waals surface area contributed by atoms with Crippen LogP contribution in [0.25, 0.3) is 0 Å². The first-order valence-corrected chi connectivity index (χ1v) is 7.11. The summed E-state index contributed by atoms with van der Waals surface area (Å²) in [6.07, 6.45) is 10.3. The van der Waals surface area contributed by atoms with Gasteiger partial charge in [0.05, 0.1) is 5.92 Å². The van der Waals surface area contributed by atoms with Crippen LogP contribution in [0.5, 0.6) is 0 Å². The predicted molar refractivity (Wildman–Crippen MR) is 71.8 cm³/mol. The molecule has 1 saturated carbocycles. The quantitative estimate of drug-likeness (QED) is 0.684. The van der Waals surface area contributed by atoms with E-state index in [1.165, 1.54) is 0 Å². The van der Waals surface area contributed by atoms with Gasteiger partial charge < -0.3 is 15.7 Å². The number of hydrogen-bond acceptors (Lipinski definition) is 2. The fourth-order valence-electron chi connectivity index (χ4n) is 2.92. The van der Waals surface area contributed by atoms with E-state index >= 15 is 0 Å². The van der Waals surface area contributed by atoms with Crippen molar-refractivity contribution in [3.63, 3.8) is 0 Å².